The fourth-order valence-electron chi connectivity index (χ4n) is 2.33. The first-order chi connectivity index (χ1) is 9.32. The number of hydrogen-bond acceptors (Lipinski definition) is 5. The molecule has 1 aromatic carbocycles. The van der Waals surface area contributed by atoms with Crippen molar-refractivity contribution in [2.24, 2.45) is 0 Å². The molecule has 0 radical (unpaired) electrons. The van der Waals surface area contributed by atoms with Gasteiger partial charge in [-0.1, -0.05) is 12.1 Å². The smallest absolute Gasteiger partial charge is 0.156 e. The van der Waals surface area contributed by atoms with Crippen LogP contribution in [0.2, 0.25) is 0 Å². The quantitative estimate of drug-likeness (QED) is 0.860. The van der Waals surface area contributed by atoms with E-state index in [0.717, 1.165) is 11.1 Å². The predicted molar refractivity (Wildman–Crippen MR) is 77.7 cm³/mol. The normalized spacial score (nSPS) is 26.4. The number of benzene rings is 1. The maximum absolute atomic E-state index is 11.5. The first kappa shape index (κ1) is 15.3. The average molecular weight is 299 g/mol. The molecule has 2 N–H and O–H groups in total. The number of ether oxygens (including phenoxy) is 1. The molecule has 1 aliphatic heterocycles. The van der Waals surface area contributed by atoms with Gasteiger partial charge in [0.05, 0.1) is 11.5 Å². The molecule has 1 heterocycles. The van der Waals surface area contributed by atoms with Crippen LogP contribution in [0, 0.1) is 6.92 Å². The van der Waals surface area contributed by atoms with Crippen LogP contribution in [-0.4, -0.2) is 44.3 Å². The van der Waals surface area contributed by atoms with E-state index in [0.29, 0.717) is 5.75 Å². The summed E-state index contributed by atoms with van der Waals surface area (Å²) in [6.45, 7) is 3.95. The first-order valence-electron chi connectivity index (χ1n) is 6.65. The molecule has 5 nitrogen and oxygen atoms in total. The van der Waals surface area contributed by atoms with Crippen LogP contribution in [0.3, 0.4) is 0 Å². The highest BCUT2D eigenvalue weighted by molar-refractivity contribution is 7.91. The van der Waals surface area contributed by atoms with Gasteiger partial charge in [-0.15, -0.1) is 0 Å². The van der Waals surface area contributed by atoms with Gasteiger partial charge in [0.15, 0.2) is 9.84 Å². The Morgan fingerprint density at radius 1 is 1.40 bits per heavy atom. The maximum Gasteiger partial charge on any atom is 0.156 e. The van der Waals surface area contributed by atoms with Crippen LogP contribution in [0.15, 0.2) is 18.2 Å². The molecule has 20 heavy (non-hydrogen) atoms. The van der Waals surface area contributed by atoms with E-state index in [-0.39, 0.29) is 17.5 Å². The Morgan fingerprint density at radius 3 is 2.65 bits per heavy atom. The van der Waals surface area contributed by atoms with Crippen LogP contribution in [0.4, 0.5) is 0 Å². The van der Waals surface area contributed by atoms with Crippen LogP contribution in [0.25, 0.3) is 0 Å². The second kappa shape index (κ2) is 5.71. The lowest BCUT2D eigenvalue weighted by Crippen LogP contribution is -2.30. The van der Waals surface area contributed by atoms with Gasteiger partial charge in [-0.05, 0) is 32.5 Å². The Balaban J connectivity index is 2.27. The SMILES string of the molecule is CNC(C)c1ccc(C)cc1OC1CS(=O)(=O)CC1O. The van der Waals surface area contributed by atoms with Gasteiger partial charge in [-0.3, -0.25) is 0 Å². The van der Waals surface area contributed by atoms with E-state index in [1.54, 1.807) is 0 Å². The molecular weight excluding hydrogens is 278 g/mol. The second-order valence-corrected chi connectivity index (χ2v) is 7.51. The molecule has 1 fully saturated rings. The van der Waals surface area contributed by atoms with Crippen molar-refractivity contribution in [2.75, 3.05) is 18.6 Å². The molecule has 3 unspecified atom stereocenters. The van der Waals surface area contributed by atoms with Gasteiger partial charge in [0.25, 0.3) is 0 Å². The minimum Gasteiger partial charge on any atom is -0.486 e. The zero-order chi connectivity index (χ0) is 14.9. The summed E-state index contributed by atoms with van der Waals surface area (Å²) in [6.07, 6.45) is -1.65. The number of hydrogen-bond donors (Lipinski definition) is 2. The number of rotatable bonds is 4. The summed E-state index contributed by atoms with van der Waals surface area (Å²) in [7, 11) is -1.35. The average Bonchev–Trinajstić information content (AvgIpc) is 2.61. The highest BCUT2D eigenvalue weighted by Gasteiger charge is 2.38. The van der Waals surface area contributed by atoms with Crippen molar-refractivity contribution in [1.82, 2.24) is 5.32 Å². The van der Waals surface area contributed by atoms with E-state index in [9.17, 15) is 13.5 Å². The van der Waals surface area contributed by atoms with E-state index < -0.39 is 22.0 Å². The predicted octanol–water partition coefficient (Wildman–Crippen LogP) is 0.812. The molecule has 0 bridgehead atoms. The van der Waals surface area contributed by atoms with Crippen LogP contribution >= 0.6 is 0 Å². The maximum atomic E-state index is 11.5. The standard InChI is InChI=1S/C14H21NO4S/c1-9-4-5-11(10(2)15-3)13(6-9)19-14-8-20(17,18)7-12(14)16/h4-6,10,12,14-16H,7-8H2,1-3H3. The zero-order valence-corrected chi connectivity index (χ0v) is 12.8. The Kier molecular flexibility index (Phi) is 4.36. The second-order valence-electron chi connectivity index (χ2n) is 5.35. The first-order valence-corrected chi connectivity index (χ1v) is 8.47. The summed E-state index contributed by atoms with van der Waals surface area (Å²) in [4.78, 5) is 0. The molecule has 0 saturated carbocycles. The molecule has 0 aromatic heterocycles. The highest BCUT2D eigenvalue weighted by Crippen LogP contribution is 2.29. The Morgan fingerprint density at radius 2 is 2.10 bits per heavy atom. The highest BCUT2D eigenvalue weighted by atomic mass is 32.2. The minimum atomic E-state index is -3.20. The molecular formula is C14H21NO4S. The van der Waals surface area contributed by atoms with E-state index >= 15 is 0 Å². The van der Waals surface area contributed by atoms with Crippen molar-refractivity contribution >= 4 is 9.84 Å². The molecule has 1 saturated heterocycles. The summed E-state index contributed by atoms with van der Waals surface area (Å²) in [5.41, 5.74) is 1.98. The van der Waals surface area contributed by atoms with Crippen LogP contribution < -0.4 is 10.1 Å². The molecule has 6 heteroatoms. The Bertz CT molecular complexity index is 585. The van der Waals surface area contributed by atoms with Gasteiger partial charge < -0.3 is 15.2 Å². The molecule has 3 atom stereocenters. The van der Waals surface area contributed by atoms with Crippen LogP contribution in [-0.2, 0) is 9.84 Å². The van der Waals surface area contributed by atoms with Gasteiger partial charge in [-0.25, -0.2) is 8.42 Å². The van der Waals surface area contributed by atoms with E-state index in [2.05, 4.69) is 5.32 Å². The summed E-state index contributed by atoms with van der Waals surface area (Å²) < 4.78 is 28.9. The van der Waals surface area contributed by atoms with E-state index in [4.69, 9.17) is 4.74 Å². The molecule has 0 amide bonds. The van der Waals surface area contributed by atoms with Gasteiger partial charge in [0.1, 0.15) is 18.0 Å². The van der Waals surface area contributed by atoms with Crippen molar-refractivity contribution in [2.45, 2.75) is 32.1 Å². The fourth-order valence-corrected chi connectivity index (χ4v) is 3.99. The topological polar surface area (TPSA) is 75.6 Å². The van der Waals surface area contributed by atoms with Crippen LogP contribution in [0.5, 0.6) is 5.75 Å². The van der Waals surface area contributed by atoms with Crippen molar-refractivity contribution in [3.8, 4) is 5.75 Å². The number of aliphatic hydroxyl groups excluding tert-OH is 1. The number of aliphatic hydroxyl groups is 1. The molecule has 1 aliphatic rings. The number of aryl methyl sites for hydroxylation is 1. The van der Waals surface area contributed by atoms with Gasteiger partial charge in [-0.2, -0.15) is 0 Å². The summed E-state index contributed by atoms with van der Waals surface area (Å²) in [5.74, 6) is 0.281. The van der Waals surface area contributed by atoms with Gasteiger partial charge >= 0.3 is 0 Å². The largest absolute Gasteiger partial charge is 0.486 e. The third kappa shape index (κ3) is 3.31. The lowest BCUT2D eigenvalue weighted by Gasteiger charge is -2.21. The molecule has 112 valence electrons. The molecule has 2 rings (SSSR count). The summed E-state index contributed by atoms with van der Waals surface area (Å²) in [6, 6.07) is 5.90. The molecule has 0 aliphatic carbocycles. The lowest BCUT2D eigenvalue weighted by atomic mass is 10.0. The molecule has 1 aromatic rings. The summed E-state index contributed by atoms with van der Waals surface area (Å²) in [5, 5.41) is 13.0. The van der Waals surface area contributed by atoms with Crippen molar-refractivity contribution in [3.63, 3.8) is 0 Å². The Labute approximate surface area is 119 Å². The third-order valence-electron chi connectivity index (χ3n) is 3.62. The summed E-state index contributed by atoms with van der Waals surface area (Å²) >= 11 is 0. The van der Waals surface area contributed by atoms with E-state index in [1.807, 2.05) is 39.1 Å². The zero-order valence-electron chi connectivity index (χ0n) is 12.0. The van der Waals surface area contributed by atoms with E-state index in [1.165, 1.54) is 0 Å². The van der Waals surface area contributed by atoms with Crippen LogP contribution in [0.1, 0.15) is 24.1 Å². The monoisotopic (exact) mass is 299 g/mol. The third-order valence-corrected chi connectivity index (χ3v) is 5.30. The van der Waals surface area contributed by atoms with Crippen molar-refractivity contribution in [1.29, 1.82) is 0 Å². The fraction of sp³-hybridized carbons (Fsp3) is 0.571. The number of sulfone groups is 1. The van der Waals surface area contributed by atoms with Crippen molar-refractivity contribution < 1.29 is 18.3 Å². The minimum absolute atomic E-state index is 0.0840. The number of nitrogens with one attached hydrogen (secondary N) is 1. The van der Waals surface area contributed by atoms with Crippen molar-refractivity contribution in [3.05, 3.63) is 29.3 Å². The molecule has 0 spiro atoms. The Hall–Kier alpha value is -1.11. The van der Waals surface area contributed by atoms with Gasteiger partial charge in [0.2, 0.25) is 0 Å². The lowest BCUT2D eigenvalue weighted by molar-refractivity contribution is 0.0728. The van der Waals surface area contributed by atoms with Gasteiger partial charge in [0, 0.05) is 11.6 Å².